The van der Waals surface area contributed by atoms with Crippen molar-refractivity contribution in [1.82, 2.24) is 0 Å². The molecule has 0 heterocycles. The number of nitrogens with zero attached hydrogens (tertiary/aromatic N) is 1. The van der Waals surface area contributed by atoms with E-state index < -0.39 is 11.6 Å². The second kappa shape index (κ2) is 6.51. The fraction of sp³-hybridized carbons (Fsp3) is 0.500. The summed E-state index contributed by atoms with van der Waals surface area (Å²) in [6, 6.07) is 2.47. The number of anilines is 1. The van der Waals surface area contributed by atoms with Crippen molar-refractivity contribution < 1.29 is 13.9 Å². The zero-order valence-electron chi connectivity index (χ0n) is 9.92. The molecule has 0 unspecified atom stereocenters. The van der Waals surface area contributed by atoms with Gasteiger partial charge in [-0.2, -0.15) is 0 Å². The molecule has 1 aromatic carbocycles. The molecule has 1 aromatic rings. The van der Waals surface area contributed by atoms with Crippen LogP contribution >= 0.6 is 0 Å². The third kappa shape index (κ3) is 3.38. The first-order chi connectivity index (χ1) is 8.13. The Morgan fingerprint density at radius 2 is 1.82 bits per heavy atom. The van der Waals surface area contributed by atoms with Gasteiger partial charge in [0, 0.05) is 19.6 Å². The summed E-state index contributed by atoms with van der Waals surface area (Å²) in [6.45, 7) is 2.58. The van der Waals surface area contributed by atoms with E-state index in [1.807, 2.05) is 6.92 Å². The second-order valence-corrected chi connectivity index (χ2v) is 3.82. The molecular weight excluding hydrogens is 226 g/mol. The predicted molar refractivity (Wildman–Crippen MR) is 63.8 cm³/mol. The Kier molecular flexibility index (Phi) is 5.31. The quantitative estimate of drug-likeness (QED) is 0.799. The fourth-order valence-electron chi connectivity index (χ4n) is 1.76. The average molecular weight is 244 g/mol. The first kappa shape index (κ1) is 13.9. The summed E-state index contributed by atoms with van der Waals surface area (Å²) in [5.41, 5.74) is 5.68. The standard InChI is InChI=1S/C12H18F2N2O/c1-2-3-16(4-5-17)12-10(13)6-9(8-15)7-11(12)14/h6-7,17H,2-5,8,15H2,1H3. The van der Waals surface area contributed by atoms with Crippen LogP contribution in [0.15, 0.2) is 12.1 Å². The molecule has 0 bridgehead atoms. The van der Waals surface area contributed by atoms with E-state index in [4.69, 9.17) is 10.8 Å². The molecule has 17 heavy (non-hydrogen) atoms. The van der Waals surface area contributed by atoms with Gasteiger partial charge in [0.15, 0.2) is 0 Å². The van der Waals surface area contributed by atoms with Crippen molar-refractivity contribution in [1.29, 1.82) is 0 Å². The normalized spacial score (nSPS) is 10.6. The zero-order chi connectivity index (χ0) is 12.8. The van der Waals surface area contributed by atoms with Crippen LogP contribution in [0, 0.1) is 11.6 Å². The van der Waals surface area contributed by atoms with Crippen LogP contribution in [-0.4, -0.2) is 24.8 Å². The minimum atomic E-state index is -0.632. The summed E-state index contributed by atoms with van der Waals surface area (Å²) >= 11 is 0. The molecule has 0 spiro atoms. The summed E-state index contributed by atoms with van der Waals surface area (Å²) in [7, 11) is 0. The molecule has 1 rings (SSSR count). The molecule has 0 saturated heterocycles. The molecule has 3 nitrogen and oxygen atoms in total. The van der Waals surface area contributed by atoms with Gasteiger partial charge in [0.05, 0.1) is 6.61 Å². The molecule has 0 aliphatic carbocycles. The summed E-state index contributed by atoms with van der Waals surface area (Å²) in [5.74, 6) is -1.26. The number of hydrogen-bond donors (Lipinski definition) is 2. The van der Waals surface area contributed by atoms with Gasteiger partial charge in [-0.3, -0.25) is 0 Å². The monoisotopic (exact) mass is 244 g/mol. The SMILES string of the molecule is CCCN(CCO)c1c(F)cc(CN)cc1F. The van der Waals surface area contributed by atoms with Gasteiger partial charge in [-0.05, 0) is 24.1 Å². The highest BCUT2D eigenvalue weighted by Gasteiger charge is 2.16. The van der Waals surface area contributed by atoms with Crippen LogP contribution in [0.3, 0.4) is 0 Å². The Hall–Kier alpha value is -1.20. The molecule has 0 amide bonds. The van der Waals surface area contributed by atoms with Crippen LogP contribution in [0.5, 0.6) is 0 Å². The molecule has 0 radical (unpaired) electrons. The summed E-state index contributed by atoms with van der Waals surface area (Å²) < 4.78 is 27.6. The highest BCUT2D eigenvalue weighted by atomic mass is 19.1. The Morgan fingerprint density at radius 3 is 2.24 bits per heavy atom. The number of benzene rings is 1. The van der Waals surface area contributed by atoms with Gasteiger partial charge in [-0.1, -0.05) is 6.92 Å². The molecule has 0 aliphatic heterocycles. The lowest BCUT2D eigenvalue weighted by atomic mass is 10.1. The number of aliphatic hydroxyl groups is 1. The molecular formula is C12H18F2N2O. The van der Waals surface area contributed by atoms with Crippen molar-refractivity contribution in [3.63, 3.8) is 0 Å². The molecule has 3 N–H and O–H groups in total. The molecule has 96 valence electrons. The number of nitrogens with two attached hydrogens (primary N) is 1. The van der Waals surface area contributed by atoms with E-state index in [1.54, 1.807) is 0 Å². The molecule has 0 fully saturated rings. The Labute approximate surface area is 99.8 Å². The molecule has 0 aromatic heterocycles. The summed E-state index contributed by atoms with van der Waals surface area (Å²) in [4.78, 5) is 1.50. The van der Waals surface area contributed by atoms with Gasteiger partial charge in [0.2, 0.25) is 0 Å². The largest absolute Gasteiger partial charge is 0.395 e. The second-order valence-electron chi connectivity index (χ2n) is 3.82. The van der Waals surface area contributed by atoms with Gasteiger partial charge in [0.25, 0.3) is 0 Å². The van der Waals surface area contributed by atoms with E-state index >= 15 is 0 Å². The number of hydrogen-bond acceptors (Lipinski definition) is 3. The Bertz CT molecular complexity index is 343. The first-order valence-corrected chi connectivity index (χ1v) is 5.67. The lowest BCUT2D eigenvalue weighted by molar-refractivity contribution is 0.301. The van der Waals surface area contributed by atoms with Crippen LogP contribution in [0.1, 0.15) is 18.9 Å². The smallest absolute Gasteiger partial charge is 0.149 e. The van der Waals surface area contributed by atoms with Gasteiger partial charge in [0.1, 0.15) is 17.3 Å². The topological polar surface area (TPSA) is 49.5 Å². The maximum atomic E-state index is 13.8. The lowest BCUT2D eigenvalue weighted by Crippen LogP contribution is -2.29. The van der Waals surface area contributed by atoms with Crippen LogP contribution in [0.25, 0.3) is 0 Å². The van der Waals surface area contributed by atoms with E-state index in [1.165, 1.54) is 17.0 Å². The summed E-state index contributed by atoms with van der Waals surface area (Å²) in [6.07, 6.45) is 0.748. The fourth-order valence-corrected chi connectivity index (χ4v) is 1.76. The number of aliphatic hydroxyl groups excluding tert-OH is 1. The lowest BCUT2D eigenvalue weighted by Gasteiger charge is -2.24. The van der Waals surface area contributed by atoms with Crippen LogP contribution in [0.2, 0.25) is 0 Å². The third-order valence-electron chi connectivity index (χ3n) is 2.49. The van der Waals surface area contributed by atoms with Crippen molar-refractivity contribution in [2.45, 2.75) is 19.9 Å². The highest BCUT2D eigenvalue weighted by Crippen LogP contribution is 2.25. The van der Waals surface area contributed by atoms with E-state index in [9.17, 15) is 8.78 Å². The van der Waals surface area contributed by atoms with Gasteiger partial charge >= 0.3 is 0 Å². The van der Waals surface area contributed by atoms with Crippen molar-refractivity contribution >= 4 is 5.69 Å². The van der Waals surface area contributed by atoms with E-state index in [0.717, 1.165) is 6.42 Å². The highest BCUT2D eigenvalue weighted by molar-refractivity contribution is 5.50. The minimum absolute atomic E-state index is 0.0851. The summed E-state index contributed by atoms with van der Waals surface area (Å²) in [5, 5.41) is 8.90. The average Bonchev–Trinajstić information content (AvgIpc) is 2.28. The molecule has 5 heteroatoms. The van der Waals surface area contributed by atoms with Gasteiger partial charge in [-0.15, -0.1) is 0 Å². The van der Waals surface area contributed by atoms with Gasteiger partial charge in [-0.25, -0.2) is 8.78 Å². The molecule has 0 saturated carbocycles. The number of halogens is 2. The molecule has 0 atom stereocenters. The van der Waals surface area contributed by atoms with E-state index in [2.05, 4.69) is 0 Å². The maximum absolute atomic E-state index is 13.8. The van der Waals surface area contributed by atoms with Crippen molar-refractivity contribution in [3.05, 3.63) is 29.3 Å². The van der Waals surface area contributed by atoms with Crippen LogP contribution < -0.4 is 10.6 Å². The zero-order valence-corrected chi connectivity index (χ0v) is 9.92. The third-order valence-corrected chi connectivity index (χ3v) is 2.49. The van der Waals surface area contributed by atoms with Gasteiger partial charge < -0.3 is 15.7 Å². The molecule has 0 aliphatic rings. The van der Waals surface area contributed by atoms with Crippen LogP contribution in [0.4, 0.5) is 14.5 Å². The van der Waals surface area contributed by atoms with Crippen molar-refractivity contribution in [3.8, 4) is 0 Å². The maximum Gasteiger partial charge on any atom is 0.149 e. The van der Waals surface area contributed by atoms with E-state index in [0.29, 0.717) is 12.1 Å². The predicted octanol–water partition coefficient (Wildman–Crippen LogP) is 1.63. The Balaban J connectivity index is 3.09. The minimum Gasteiger partial charge on any atom is -0.395 e. The Morgan fingerprint density at radius 1 is 1.24 bits per heavy atom. The van der Waals surface area contributed by atoms with E-state index in [-0.39, 0.29) is 25.4 Å². The van der Waals surface area contributed by atoms with Crippen molar-refractivity contribution in [2.75, 3.05) is 24.6 Å². The number of rotatable bonds is 6. The first-order valence-electron chi connectivity index (χ1n) is 5.67. The van der Waals surface area contributed by atoms with Crippen LogP contribution in [-0.2, 0) is 6.54 Å². The van der Waals surface area contributed by atoms with Crippen molar-refractivity contribution in [2.24, 2.45) is 5.73 Å².